The summed E-state index contributed by atoms with van der Waals surface area (Å²) in [6.07, 6.45) is 4.03. The van der Waals surface area contributed by atoms with Gasteiger partial charge in [0, 0.05) is 0 Å². The molecule has 8 N–H and O–H groups in total. The number of fused-ring (bicyclic) bond motifs is 1. The van der Waals surface area contributed by atoms with Crippen LogP contribution in [0.1, 0.15) is 13.2 Å². The highest BCUT2D eigenvalue weighted by Gasteiger charge is 2.62. The lowest BCUT2D eigenvalue weighted by atomic mass is 9.88. The number of ether oxygens (including phenoxy) is 1. The maximum atomic E-state index is 12.0. The molecule has 0 spiro atoms. The van der Waals surface area contributed by atoms with Gasteiger partial charge in [0.05, 0.1) is 12.9 Å². The summed E-state index contributed by atoms with van der Waals surface area (Å²) in [5, 5.41) is 21.7. The van der Waals surface area contributed by atoms with Gasteiger partial charge in [-0.2, -0.15) is 8.62 Å². The minimum Gasteiger partial charge on any atom is -0.386 e. The molecule has 0 aromatic carbocycles. The van der Waals surface area contributed by atoms with Gasteiger partial charge in [-0.05, 0) is 6.92 Å². The number of anilines is 1. The van der Waals surface area contributed by atoms with Crippen LogP contribution in [0.5, 0.6) is 0 Å². The zero-order valence-corrected chi connectivity index (χ0v) is 19.5. The summed E-state index contributed by atoms with van der Waals surface area (Å²) in [7, 11) is -16.9. The van der Waals surface area contributed by atoms with E-state index in [1.54, 1.807) is 0 Å². The molecule has 0 saturated carbocycles. The number of nitrogen functional groups attached to an aromatic ring is 1. The minimum absolute atomic E-state index is 0.0121. The van der Waals surface area contributed by atoms with Crippen molar-refractivity contribution in [2.45, 2.75) is 30.5 Å². The first-order valence-corrected chi connectivity index (χ1v) is 13.2. The maximum absolute atomic E-state index is 12.0. The van der Waals surface area contributed by atoms with Crippen LogP contribution in [-0.4, -0.2) is 73.2 Å². The molecule has 2 aromatic heterocycles. The second-order valence-electron chi connectivity index (χ2n) is 7.10. The molecule has 1 aliphatic rings. The fraction of sp³-hybridized carbons (Fsp3) is 0.462. The average molecular weight is 545 g/mol. The summed E-state index contributed by atoms with van der Waals surface area (Å²) >= 11 is 0. The zero-order valence-electron chi connectivity index (χ0n) is 16.8. The number of nitrogens with two attached hydrogens (primary N) is 1. The van der Waals surface area contributed by atoms with Gasteiger partial charge in [-0.1, -0.05) is 5.92 Å². The van der Waals surface area contributed by atoms with Gasteiger partial charge in [-0.25, -0.2) is 28.6 Å². The summed E-state index contributed by atoms with van der Waals surface area (Å²) in [6.45, 7) is 0.00915. The lowest BCUT2D eigenvalue weighted by Crippen LogP contribution is -2.50. The third-order valence-corrected chi connectivity index (χ3v) is 8.34. The number of hydrogen-bond acceptors (Lipinski definition) is 13. The summed E-state index contributed by atoms with van der Waals surface area (Å²) in [4.78, 5) is 47.8. The molecule has 3 rings (SSSR count). The molecule has 21 heteroatoms. The van der Waals surface area contributed by atoms with Crippen LogP contribution in [0.4, 0.5) is 5.82 Å². The van der Waals surface area contributed by atoms with Gasteiger partial charge in [-0.3, -0.25) is 9.09 Å². The Morgan fingerprint density at radius 1 is 1.21 bits per heavy atom. The number of aliphatic hydroxyl groups is 2. The molecule has 0 bridgehead atoms. The lowest BCUT2D eigenvalue weighted by Gasteiger charge is -2.29. The number of aliphatic hydroxyl groups excluding tert-OH is 1. The van der Waals surface area contributed by atoms with E-state index in [0.717, 1.165) is 24.1 Å². The van der Waals surface area contributed by atoms with E-state index in [2.05, 4.69) is 28.1 Å². The minimum atomic E-state index is -5.77. The van der Waals surface area contributed by atoms with E-state index < -0.39 is 53.6 Å². The highest BCUT2D eigenvalue weighted by atomic mass is 31.3. The smallest absolute Gasteiger partial charge is 0.386 e. The van der Waals surface area contributed by atoms with Crippen LogP contribution in [0.2, 0.25) is 0 Å². The fourth-order valence-electron chi connectivity index (χ4n) is 3.10. The SMILES string of the molecule is C#C[C@]1(O)[C@H](n2cnc3c(N)ncnc32)O[C@](C)(COP(=O)(O)OP(=O)(O)OP(=O)(O)O)[C@H]1O. The number of nitrogens with zero attached hydrogens (tertiary/aromatic N) is 4. The topological polar surface area (TPSA) is 279 Å². The molecule has 1 saturated heterocycles. The standard InChI is InChI=1S/C13H18N5O13P3/c1-3-13(20)10(19)12(2,4-28-33(24,25)31-34(26,27)30-32(21,22)23)29-11(13)18-6-17-7-8(14)15-5-16-9(7)18/h1,5-6,10-11,19-20H,4H2,2H3,(H,24,25)(H,26,27)(H2,14,15,16)(H2,21,22,23)/t10-,11-,12-,13-/m1/s1. The van der Waals surface area contributed by atoms with Crippen LogP contribution in [0.3, 0.4) is 0 Å². The third kappa shape index (κ3) is 5.23. The van der Waals surface area contributed by atoms with Crippen molar-refractivity contribution in [3.05, 3.63) is 12.7 Å². The summed E-state index contributed by atoms with van der Waals surface area (Å²) in [6, 6.07) is 0. The number of aromatic nitrogens is 4. The normalized spacial score (nSPS) is 31.1. The highest BCUT2D eigenvalue weighted by molar-refractivity contribution is 7.66. The van der Waals surface area contributed by atoms with Gasteiger partial charge in [0.1, 0.15) is 23.5 Å². The quantitative estimate of drug-likeness (QED) is 0.151. The van der Waals surface area contributed by atoms with Gasteiger partial charge in [0.15, 0.2) is 23.3 Å². The molecule has 2 aromatic rings. The van der Waals surface area contributed by atoms with Gasteiger partial charge in [0.2, 0.25) is 0 Å². The molecule has 6 atom stereocenters. The summed E-state index contributed by atoms with van der Waals surface area (Å²) < 4.78 is 52.7. The van der Waals surface area contributed by atoms with Crippen molar-refractivity contribution < 1.29 is 61.4 Å². The molecule has 1 aliphatic heterocycles. The van der Waals surface area contributed by atoms with Crippen molar-refractivity contribution in [3.8, 4) is 12.3 Å². The van der Waals surface area contributed by atoms with Crippen LogP contribution in [0.25, 0.3) is 11.2 Å². The van der Waals surface area contributed by atoms with E-state index in [4.69, 9.17) is 26.7 Å². The summed E-state index contributed by atoms with van der Waals surface area (Å²) in [5.41, 5.74) is 1.33. The Bertz CT molecular complexity index is 1290. The van der Waals surface area contributed by atoms with E-state index in [1.165, 1.54) is 0 Å². The van der Waals surface area contributed by atoms with E-state index >= 15 is 0 Å². The average Bonchev–Trinajstić information content (AvgIpc) is 3.19. The molecule has 0 radical (unpaired) electrons. The monoisotopic (exact) mass is 545 g/mol. The van der Waals surface area contributed by atoms with Crippen molar-refractivity contribution in [2.24, 2.45) is 0 Å². The number of phosphoric acid groups is 3. The predicted octanol–water partition coefficient (Wildman–Crippen LogP) is -1.24. The van der Waals surface area contributed by atoms with Crippen molar-refractivity contribution in [1.82, 2.24) is 19.5 Å². The molecule has 188 valence electrons. The Morgan fingerprint density at radius 2 is 1.85 bits per heavy atom. The van der Waals surface area contributed by atoms with Gasteiger partial charge in [0.25, 0.3) is 0 Å². The van der Waals surface area contributed by atoms with Crippen LogP contribution in [-0.2, 0) is 31.6 Å². The van der Waals surface area contributed by atoms with Gasteiger partial charge in [-0.15, -0.1) is 6.42 Å². The van der Waals surface area contributed by atoms with Crippen molar-refractivity contribution in [1.29, 1.82) is 0 Å². The second kappa shape index (κ2) is 8.70. The number of rotatable bonds is 8. The number of terminal acetylenes is 1. The Balaban J connectivity index is 1.86. The van der Waals surface area contributed by atoms with E-state index in [1.807, 2.05) is 5.92 Å². The van der Waals surface area contributed by atoms with E-state index in [0.29, 0.717) is 0 Å². The molecule has 1 fully saturated rings. The van der Waals surface area contributed by atoms with Crippen LogP contribution >= 0.6 is 23.5 Å². The summed E-state index contributed by atoms with van der Waals surface area (Å²) in [5.74, 6) is 1.96. The largest absolute Gasteiger partial charge is 0.490 e. The Labute approximate surface area is 189 Å². The molecule has 0 aliphatic carbocycles. The number of phosphoric ester groups is 1. The molecule has 34 heavy (non-hydrogen) atoms. The molecular weight excluding hydrogens is 527 g/mol. The zero-order chi connectivity index (χ0) is 25.7. The van der Waals surface area contributed by atoms with E-state index in [-0.39, 0.29) is 17.0 Å². The number of imidazole rings is 1. The highest BCUT2D eigenvalue weighted by Crippen LogP contribution is 2.66. The van der Waals surface area contributed by atoms with Crippen LogP contribution in [0, 0.1) is 12.3 Å². The molecule has 18 nitrogen and oxygen atoms in total. The van der Waals surface area contributed by atoms with E-state index in [9.17, 15) is 33.7 Å². The van der Waals surface area contributed by atoms with Gasteiger partial charge >= 0.3 is 23.5 Å². The maximum Gasteiger partial charge on any atom is 0.490 e. The molecular formula is C13H18N5O13P3. The fourth-order valence-corrected chi connectivity index (χ4v) is 6.21. The van der Waals surface area contributed by atoms with Crippen molar-refractivity contribution in [2.75, 3.05) is 12.3 Å². The number of hydrogen-bond donors (Lipinski definition) is 7. The Hall–Kier alpha value is -1.80. The second-order valence-corrected chi connectivity index (χ2v) is 11.5. The third-order valence-electron chi connectivity index (χ3n) is 4.55. The van der Waals surface area contributed by atoms with Crippen molar-refractivity contribution >= 4 is 40.4 Å². The first-order valence-electron chi connectivity index (χ1n) is 8.70. The molecule has 0 amide bonds. The van der Waals surface area contributed by atoms with Crippen LogP contribution < -0.4 is 5.73 Å². The Morgan fingerprint density at radius 3 is 2.44 bits per heavy atom. The molecule has 2 unspecified atom stereocenters. The first-order chi connectivity index (χ1) is 15.4. The predicted molar refractivity (Wildman–Crippen MR) is 108 cm³/mol. The Kier molecular flexibility index (Phi) is 6.86. The van der Waals surface area contributed by atoms with Gasteiger partial charge < -0.3 is 40.3 Å². The lowest BCUT2D eigenvalue weighted by molar-refractivity contribution is -0.115. The van der Waals surface area contributed by atoms with Crippen molar-refractivity contribution in [3.63, 3.8) is 0 Å². The molecule has 3 heterocycles. The van der Waals surface area contributed by atoms with Crippen LogP contribution in [0.15, 0.2) is 12.7 Å². The first kappa shape index (κ1) is 26.8.